The smallest absolute Gasteiger partial charge is 0.232 e. The maximum atomic E-state index is 11.7. The van der Waals surface area contributed by atoms with Gasteiger partial charge in [0.15, 0.2) is 0 Å². The van der Waals surface area contributed by atoms with Crippen LogP contribution in [0.5, 0.6) is 0 Å². The number of carbonyl (C=O) groups is 1. The van der Waals surface area contributed by atoms with E-state index in [0.717, 1.165) is 17.8 Å². The van der Waals surface area contributed by atoms with Gasteiger partial charge in [-0.25, -0.2) is 0 Å². The first-order valence-corrected chi connectivity index (χ1v) is 5.50. The molecule has 2 rings (SSSR count). The van der Waals surface area contributed by atoms with Gasteiger partial charge in [0.1, 0.15) is 0 Å². The molecule has 0 bridgehead atoms. The van der Waals surface area contributed by atoms with E-state index in [0.29, 0.717) is 16.9 Å². The molecular formula is C8H12N4O2S. The minimum absolute atomic E-state index is 0.0322. The van der Waals surface area contributed by atoms with E-state index in [4.69, 9.17) is 10.5 Å². The maximum Gasteiger partial charge on any atom is 0.232 e. The predicted octanol–water partition coefficient (Wildman–Crippen LogP) is 0.484. The number of hydrogen-bond donors (Lipinski definition) is 2. The maximum absolute atomic E-state index is 11.7. The Bertz CT molecular complexity index is 367. The lowest BCUT2D eigenvalue weighted by atomic mass is 10.0. The van der Waals surface area contributed by atoms with E-state index in [9.17, 15) is 4.79 Å². The third kappa shape index (κ3) is 2.24. The molecule has 1 aliphatic rings. The quantitative estimate of drug-likeness (QED) is 0.768. The van der Waals surface area contributed by atoms with Crippen molar-refractivity contribution >= 4 is 27.5 Å². The van der Waals surface area contributed by atoms with Crippen molar-refractivity contribution in [1.82, 2.24) is 10.2 Å². The van der Waals surface area contributed by atoms with Crippen molar-refractivity contribution < 1.29 is 9.53 Å². The zero-order valence-corrected chi connectivity index (χ0v) is 9.08. The van der Waals surface area contributed by atoms with Crippen molar-refractivity contribution in [3.05, 3.63) is 0 Å². The van der Waals surface area contributed by atoms with Gasteiger partial charge in [-0.15, -0.1) is 10.2 Å². The molecule has 2 heterocycles. The minimum atomic E-state index is -0.102. The molecule has 82 valence electrons. The lowest BCUT2D eigenvalue weighted by Gasteiger charge is -2.11. The Morgan fingerprint density at radius 3 is 3.00 bits per heavy atom. The Hall–Kier alpha value is -1.21. The van der Waals surface area contributed by atoms with Gasteiger partial charge in [-0.05, 0) is 13.3 Å². The summed E-state index contributed by atoms with van der Waals surface area (Å²) in [5, 5.41) is 10.8. The van der Waals surface area contributed by atoms with E-state index in [1.807, 2.05) is 6.92 Å². The largest absolute Gasteiger partial charge is 0.378 e. The standard InChI is InChI=1S/C8H12N4O2S/c1-4-5(2-3-14-4)6(13)10-8-12-11-7(9)15-8/h4-5H,2-3H2,1H3,(H2,9,11)(H,10,12,13). The van der Waals surface area contributed by atoms with E-state index < -0.39 is 0 Å². The molecule has 0 aromatic carbocycles. The summed E-state index contributed by atoms with van der Waals surface area (Å²) in [6.45, 7) is 2.53. The molecule has 1 aliphatic heterocycles. The molecule has 3 N–H and O–H groups in total. The van der Waals surface area contributed by atoms with Crippen LogP contribution in [0.1, 0.15) is 13.3 Å². The second kappa shape index (κ2) is 4.11. The molecule has 1 saturated heterocycles. The third-order valence-corrected chi connectivity index (χ3v) is 3.05. The summed E-state index contributed by atoms with van der Waals surface area (Å²) in [7, 11) is 0. The zero-order chi connectivity index (χ0) is 10.8. The van der Waals surface area contributed by atoms with Gasteiger partial charge in [0.05, 0.1) is 12.0 Å². The molecule has 7 heteroatoms. The van der Waals surface area contributed by atoms with E-state index >= 15 is 0 Å². The summed E-state index contributed by atoms with van der Waals surface area (Å²) in [6, 6.07) is 0. The second-order valence-corrected chi connectivity index (χ2v) is 4.41. The van der Waals surface area contributed by atoms with Crippen LogP contribution in [0, 0.1) is 5.92 Å². The fourth-order valence-electron chi connectivity index (χ4n) is 1.56. The number of carbonyl (C=O) groups excluding carboxylic acids is 1. The van der Waals surface area contributed by atoms with Crippen molar-refractivity contribution in [3.63, 3.8) is 0 Å². The molecule has 6 nitrogen and oxygen atoms in total. The lowest BCUT2D eigenvalue weighted by Crippen LogP contribution is -2.27. The van der Waals surface area contributed by atoms with Gasteiger partial charge >= 0.3 is 0 Å². The molecule has 2 atom stereocenters. The van der Waals surface area contributed by atoms with Crippen LogP contribution in [0.15, 0.2) is 0 Å². The molecule has 0 aliphatic carbocycles. The first kappa shape index (κ1) is 10.3. The van der Waals surface area contributed by atoms with E-state index in [2.05, 4.69) is 15.5 Å². The highest BCUT2D eigenvalue weighted by atomic mass is 32.1. The third-order valence-electron chi connectivity index (χ3n) is 2.38. The number of nitrogens with one attached hydrogen (secondary N) is 1. The molecule has 2 unspecified atom stereocenters. The summed E-state index contributed by atoms with van der Waals surface area (Å²) in [4.78, 5) is 11.7. The highest BCUT2D eigenvalue weighted by Gasteiger charge is 2.31. The van der Waals surface area contributed by atoms with E-state index in [-0.39, 0.29) is 17.9 Å². The van der Waals surface area contributed by atoms with Crippen LogP contribution in [-0.4, -0.2) is 28.8 Å². The SMILES string of the molecule is CC1OCCC1C(=O)Nc1nnc(N)s1. The first-order chi connectivity index (χ1) is 7.16. The fourth-order valence-corrected chi connectivity index (χ4v) is 2.07. The van der Waals surface area contributed by atoms with Crippen LogP contribution in [0.25, 0.3) is 0 Å². The molecule has 1 amide bonds. The Morgan fingerprint density at radius 2 is 2.47 bits per heavy atom. The van der Waals surface area contributed by atoms with Gasteiger partial charge in [0.25, 0.3) is 0 Å². The number of ether oxygens (including phenoxy) is 1. The van der Waals surface area contributed by atoms with Crippen LogP contribution in [0.3, 0.4) is 0 Å². The van der Waals surface area contributed by atoms with E-state index in [1.165, 1.54) is 0 Å². The van der Waals surface area contributed by atoms with Gasteiger partial charge < -0.3 is 15.8 Å². The van der Waals surface area contributed by atoms with Crippen molar-refractivity contribution in [1.29, 1.82) is 0 Å². The number of nitrogen functional groups attached to an aromatic ring is 1. The summed E-state index contributed by atoms with van der Waals surface area (Å²) in [5.74, 6) is -0.175. The highest BCUT2D eigenvalue weighted by molar-refractivity contribution is 7.18. The van der Waals surface area contributed by atoms with Crippen LogP contribution in [-0.2, 0) is 9.53 Å². The fraction of sp³-hybridized carbons (Fsp3) is 0.625. The number of nitrogens with two attached hydrogens (primary N) is 1. The Kier molecular flexibility index (Phi) is 2.83. The number of aromatic nitrogens is 2. The normalized spacial score (nSPS) is 25.4. The molecule has 0 spiro atoms. The predicted molar refractivity (Wildman–Crippen MR) is 56.5 cm³/mol. The van der Waals surface area contributed by atoms with E-state index in [1.54, 1.807) is 0 Å². The Labute approximate surface area is 90.8 Å². The monoisotopic (exact) mass is 228 g/mol. The Morgan fingerprint density at radius 1 is 1.67 bits per heavy atom. The van der Waals surface area contributed by atoms with Crippen LogP contribution >= 0.6 is 11.3 Å². The van der Waals surface area contributed by atoms with Crippen molar-refractivity contribution in [2.24, 2.45) is 5.92 Å². The summed E-state index contributed by atoms with van der Waals surface area (Å²) in [5.41, 5.74) is 5.40. The number of rotatable bonds is 2. The first-order valence-electron chi connectivity index (χ1n) is 4.68. The topological polar surface area (TPSA) is 90.1 Å². The molecule has 0 radical (unpaired) electrons. The van der Waals surface area contributed by atoms with Gasteiger partial charge in [-0.3, -0.25) is 4.79 Å². The molecular weight excluding hydrogens is 216 g/mol. The summed E-state index contributed by atoms with van der Waals surface area (Å²) in [6.07, 6.45) is 0.719. The highest BCUT2D eigenvalue weighted by Crippen LogP contribution is 2.23. The number of anilines is 2. The minimum Gasteiger partial charge on any atom is -0.378 e. The number of hydrogen-bond acceptors (Lipinski definition) is 6. The Balaban J connectivity index is 1.97. The molecule has 0 saturated carbocycles. The number of amides is 1. The average molecular weight is 228 g/mol. The summed E-state index contributed by atoms with van der Waals surface area (Å²) >= 11 is 1.16. The van der Waals surface area contributed by atoms with Gasteiger partial charge in [-0.2, -0.15) is 0 Å². The average Bonchev–Trinajstić information content (AvgIpc) is 2.75. The molecule has 15 heavy (non-hydrogen) atoms. The summed E-state index contributed by atoms with van der Waals surface area (Å²) < 4.78 is 5.31. The lowest BCUT2D eigenvalue weighted by molar-refractivity contribution is -0.121. The van der Waals surface area contributed by atoms with Crippen molar-refractivity contribution in [3.8, 4) is 0 Å². The van der Waals surface area contributed by atoms with Crippen LogP contribution in [0.2, 0.25) is 0 Å². The van der Waals surface area contributed by atoms with Gasteiger partial charge in [0, 0.05) is 6.61 Å². The zero-order valence-electron chi connectivity index (χ0n) is 8.27. The van der Waals surface area contributed by atoms with Gasteiger partial charge in [0.2, 0.25) is 16.2 Å². The molecule has 1 aromatic rings. The van der Waals surface area contributed by atoms with Crippen LogP contribution in [0.4, 0.5) is 10.3 Å². The molecule has 1 fully saturated rings. The molecule has 1 aromatic heterocycles. The van der Waals surface area contributed by atoms with Crippen LogP contribution < -0.4 is 11.1 Å². The second-order valence-electron chi connectivity index (χ2n) is 3.41. The number of nitrogens with zero attached hydrogens (tertiary/aromatic N) is 2. The van der Waals surface area contributed by atoms with Crippen molar-refractivity contribution in [2.75, 3.05) is 17.7 Å². The van der Waals surface area contributed by atoms with Crippen molar-refractivity contribution in [2.45, 2.75) is 19.4 Å². The van der Waals surface area contributed by atoms with Gasteiger partial charge in [-0.1, -0.05) is 11.3 Å².